The van der Waals surface area contributed by atoms with Crippen molar-refractivity contribution in [1.82, 2.24) is 10.2 Å². The molecule has 0 radical (unpaired) electrons. The van der Waals surface area contributed by atoms with Crippen LogP contribution in [0.1, 0.15) is 64.7 Å². The summed E-state index contributed by atoms with van der Waals surface area (Å²) in [7, 11) is 0. The molecule has 1 aromatic carbocycles. The van der Waals surface area contributed by atoms with Crippen LogP contribution in [0.3, 0.4) is 0 Å². The molecular formula is C22H33N3O2. The number of benzene rings is 1. The Balaban J connectivity index is 1.36. The molecule has 0 spiro atoms. The van der Waals surface area contributed by atoms with Gasteiger partial charge in [0.25, 0.3) is 0 Å². The first-order valence-corrected chi connectivity index (χ1v) is 10.8. The fraction of sp³-hybridized carbons (Fsp3) is 0.682. The summed E-state index contributed by atoms with van der Waals surface area (Å²) in [5.41, 5.74) is 0.737. The predicted octanol–water partition coefficient (Wildman–Crippen LogP) is 4.53. The van der Waals surface area contributed by atoms with Gasteiger partial charge in [0.2, 0.25) is 0 Å². The highest BCUT2D eigenvalue weighted by molar-refractivity contribution is 5.91. The van der Waals surface area contributed by atoms with Crippen LogP contribution in [0.4, 0.5) is 10.5 Å². The molecule has 3 aliphatic rings. The number of carbonyl (C=O) groups is 1. The van der Waals surface area contributed by atoms with Gasteiger partial charge in [-0.15, -0.1) is 0 Å². The van der Waals surface area contributed by atoms with E-state index in [4.69, 9.17) is 4.74 Å². The fourth-order valence-corrected chi connectivity index (χ4v) is 5.53. The molecule has 2 aliphatic heterocycles. The molecule has 0 aromatic heterocycles. The molecule has 148 valence electrons. The van der Waals surface area contributed by atoms with E-state index in [-0.39, 0.29) is 12.1 Å². The van der Waals surface area contributed by atoms with Crippen molar-refractivity contribution in [2.45, 2.75) is 88.9 Å². The third-order valence-electron chi connectivity index (χ3n) is 6.55. The van der Waals surface area contributed by atoms with Gasteiger partial charge < -0.3 is 15.4 Å². The molecule has 3 fully saturated rings. The highest BCUT2D eigenvalue weighted by Gasteiger charge is 2.42. The molecule has 5 nitrogen and oxygen atoms in total. The SMILES string of the molecule is CCOc1ccccc1NC(=O)NC1C[C@@H]2CCC[C@@H](C1)N2C1CCCC1. The van der Waals surface area contributed by atoms with Crippen molar-refractivity contribution in [3.05, 3.63) is 24.3 Å². The average molecular weight is 372 g/mol. The Hall–Kier alpha value is -1.75. The molecule has 2 amide bonds. The Morgan fingerprint density at radius 1 is 1.04 bits per heavy atom. The van der Waals surface area contributed by atoms with Crippen molar-refractivity contribution in [2.75, 3.05) is 11.9 Å². The first-order chi connectivity index (χ1) is 13.2. The lowest BCUT2D eigenvalue weighted by Crippen LogP contribution is -2.59. The summed E-state index contributed by atoms with van der Waals surface area (Å²) in [6, 6.07) is 9.90. The predicted molar refractivity (Wildman–Crippen MR) is 108 cm³/mol. The van der Waals surface area contributed by atoms with E-state index in [2.05, 4.69) is 15.5 Å². The van der Waals surface area contributed by atoms with Crippen molar-refractivity contribution >= 4 is 11.7 Å². The molecule has 0 unspecified atom stereocenters. The highest BCUT2D eigenvalue weighted by Crippen LogP contribution is 2.39. The van der Waals surface area contributed by atoms with Crippen LogP contribution in [0.5, 0.6) is 5.75 Å². The average Bonchev–Trinajstić information content (AvgIpc) is 3.17. The second-order valence-electron chi connectivity index (χ2n) is 8.32. The number of anilines is 1. The summed E-state index contributed by atoms with van der Waals surface area (Å²) in [4.78, 5) is 15.4. The number of urea groups is 1. The standard InChI is InChI=1S/C22H33N3O2/c1-2-27-21-13-6-5-12-20(21)24-22(26)23-16-14-18-10-7-11-19(15-16)25(18)17-8-3-4-9-17/h5-6,12-13,16-19H,2-4,7-11,14-15H2,1H3,(H2,23,24,26)/t18-,19-/m0/s1. The third kappa shape index (κ3) is 4.23. The van der Waals surface area contributed by atoms with Crippen LogP contribution in [0.15, 0.2) is 24.3 Å². The first kappa shape index (κ1) is 18.6. The first-order valence-electron chi connectivity index (χ1n) is 10.8. The van der Waals surface area contributed by atoms with Crippen LogP contribution in [0, 0.1) is 0 Å². The normalized spacial score (nSPS) is 28.7. The maximum atomic E-state index is 12.6. The molecule has 2 N–H and O–H groups in total. The number of nitrogens with zero attached hydrogens (tertiary/aromatic N) is 1. The molecular weight excluding hydrogens is 338 g/mol. The number of ether oxygens (including phenoxy) is 1. The lowest BCUT2D eigenvalue weighted by Gasteiger charge is -2.51. The van der Waals surface area contributed by atoms with Gasteiger partial charge in [0.1, 0.15) is 5.75 Å². The number of amides is 2. The largest absolute Gasteiger partial charge is 0.492 e. The van der Waals surface area contributed by atoms with Crippen molar-refractivity contribution < 1.29 is 9.53 Å². The van der Waals surface area contributed by atoms with E-state index < -0.39 is 0 Å². The van der Waals surface area contributed by atoms with Crippen molar-refractivity contribution in [1.29, 1.82) is 0 Å². The number of hydrogen-bond acceptors (Lipinski definition) is 3. The molecule has 1 saturated carbocycles. The summed E-state index contributed by atoms with van der Waals surface area (Å²) < 4.78 is 5.61. The van der Waals surface area contributed by atoms with Crippen LogP contribution in [0.25, 0.3) is 0 Å². The molecule has 2 heterocycles. The lowest BCUT2D eigenvalue weighted by atomic mass is 9.80. The van der Waals surface area contributed by atoms with Crippen LogP contribution in [-0.2, 0) is 0 Å². The summed E-state index contributed by atoms with van der Waals surface area (Å²) >= 11 is 0. The minimum absolute atomic E-state index is 0.112. The van der Waals surface area contributed by atoms with E-state index in [1.54, 1.807) is 0 Å². The van der Waals surface area contributed by atoms with Crippen LogP contribution in [0.2, 0.25) is 0 Å². The van der Waals surface area contributed by atoms with Gasteiger partial charge in [-0.1, -0.05) is 31.4 Å². The van der Waals surface area contributed by atoms with Gasteiger partial charge in [-0.05, 0) is 57.6 Å². The number of para-hydroxylation sites is 2. The second-order valence-corrected chi connectivity index (χ2v) is 8.32. The second kappa shape index (κ2) is 8.51. The topological polar surface area (TPSA) is 53.6 Å². The van der Waals surface area contributed by atoms with E-state index >= 15 is 0 Å². The van der Waals surface area contributed by atoms with E-state index in [1.807, 2.05) is 31.2 Å². The monoisotopic (exact) mass is 371 g/mol. The molecule has 2 atom stereocenters. The summed E-state index contributed by atoms with van der Waals surface area (Å²) in [6.45, 7) is 2.54. The highest BCUT2D eigenvalue weighted by atomic mass is 16.5. The molecule has 1 aliphatic carbocycles. The van der Waals surface area contributed by atoms with Crippen LogP contribution in [-0.4, -0.2) is 41.7 Å². The molecule has 2 saturated heterocycles. The minimum atomic E-state index is -0.112. The smallest absolute Gasteiger partial charge is 0.319 e. The Bertz CT molecular complexity index is 630. The maximum absolute atomic E-state index is 12.6. The fourth-order valence-electron chi connectivity index (χ4n) is 5.53. The van der Waals surface area contributed by atoms with Crippen LogP contribution < -0.4 is 15.4 Å². The minimum Gasteiger partial charge on any atom is -0.492 e. The zero-order chi connectivity index (χ0) is 18.6. The van der Waals surface area contributed by atoms with Gasteiger partial charge in [0.05, 0.1) is 12.3 Å². The zero-order valence-corrected chi connectivity index (χ0v) is 16.5. The lowest BCUT2D eigenvalue weighted by molar-refractivity contribution is -0.00680. The Labute approximate surface area is 162 Å². The van der Waals surface area contributed by atoms with Crippen molar-refractivity contribution in [3.63, 3.8) is 0 Å². The van der Waals surface area contributed by atoms with Gasteiger partial charge in [0, 0.05) is 24.2 Å². The Morgan fingerprint density at radius 2 is 1.70 bits per heavy atom. The number of fused-ring (bicyclic) bond motifs is 2. The Kier molecular flexibility index (Phi) is 5.86. The van der Waals surface area contributed by atoms with Gasteiger partial charge in [-0.2, -0.15) is 0 Å². The van der Waals surface area contributed by atoms with E-state index in [0.717, 1.165) is 30.3 Å². The number of piperidine rings is 2. The zero-order valence-electron chi connectivity index (χ0n) is 16.5. The van der Waals surface area contributed by atoms with Gasteiger partial charge >= 0.3 is 6.03 Å². The summed E-state index contributed by atoms with van der Waals surface area (Å²) in [6.07, 6.45) is 11.6. The summed E-state index contributed by atoms with van der Waals surface area (Å²) in [5, 5.41) is 6.23. The van der Waals surface area contributed by atoms with Crippen molar-refractivity contribution in [3.8, 4) is 5.75 Å². The van der Waals surface area contributed by atoms with Crippen LogP contribution >= 0.6 is 0 Å². The van der Waals surface area contributed by atoms with Gasteiger partial charge in [0.15, 0.2) is 0 Å². The van der Waals surface area contributed by atoms with E-state index in [1.165, 1.54) is 44.9 Å². The van der Waals surface area contributed by atoms with Gasteiger partial charge in [-0.3, -0.25) is 4.90 Å². The maximum Gasteiger partial charge on any atom is 0.319 e. The quantitative estimate of drug-likeness (QED) is 0.799. The molecule has 5 heteroatoms. The Morgan fingerprint density at radius 3 is 2.41 bits per heavy atom. The molecule has 27 heavy (non-hydrogen) atoms. The number of nitrogens with one attached hydrogen (secondary N) is 2. The molecule has 1 aromatic rings. The van der Waals surface area contributed by atoms with E-state index in [0.29, 0.717) is 18.7 Å². The number of hydrogen-bond donors (Lipinski definition) is 2. The molecule has 2 bridgehead atoms. The number of rotatable bonds is 5. The van der Waals surface area contributed by atoms with Crippen molar-refractivity contribution in [2.24, 2.45) is 0 Å². The third-order valence-corrected chi connectivity index (χ3v) is 6.55. The number of carbonyl (C=O) groups excluding carboxylic acids is 1. The molecule has 4 rings (SSSR count). The van der Waals surface area contributed by atoms with Gasteiger partial charge in [-0.25, -0.2) is 4.79 Å². The summed E-state index contributed by atoms with van der Waals surface area (Å²) in [5.74, 6) is 0.725. The van der Waals surface area contributed by atoms with E-state index in [9.17, 15) is 4.79 Å².